The van der Waals surface area contributed by atoms with E-state index >= 15 is 0 Å². The lowest BCUT2D eigenvalue weighted by atomic mass is 10.1. The summed E-state index contributed by atoms with van der Waals surface area (Å²) >= 11 is 3.36. The Hall–Kier alpha value is -1.17. The lowest BCUT2D eigenvalue weighted by Gasteiger charge is -2.10. The van der Waals surface area contributed by atoms with Crippen LogP contribution in [-0.2, 0) is 35.5 Å². The smallest absolute Gasteiger partial charge is 0.311 e. The van der Waals surface area contributed by atoms with Crippen molar-refractivity contribution in [2.75, 3.05) is 6.54 Å². The monoisotopic (exact) mass is 293 g/mol. The van der Waals surface area contributed by atoms with E-state index in [1.807, 2.05) is 17.5 Å². The topological polar surface area (TPSA) is 38.3 Å². The number of hydrogen-bond donors (Lipinski definition) is 1. The Morgan fingerprint density at radius 3 is 3.16 bits per heavy atom. The zero-order valence-corrected chi connectivity index (χ0v) is 12.1. The molecule has 1 N–H and O–H groups in total. The van der Waals surface area contributed by atoms with Crippen LogP contribution in [0.1, 0.15) is 20.2 Å². The predicted octanol–water partition coefficient (Wildman–Crippen LogP) is 2.74. The Morgan fingerprint density at radius 1 is 1.42 bits per heavy atom. The van der Waals surface area contributed by atoms with Crippen molar-refractivity contribution < 1.29 is 9.53 Å². The first kappa shape index (κ1) is 12.8. The number of fused-ring (bicyclic) bond motifs is 1. The number of thiophene rings is 2. The third kappa shape index (κ3) is 3.23. The molecule has 0 bridgehead atoms. The predicted molar refractivity (Wildman–Crippen MR) is 77.5 cm³/mol. The van der Waals surface area contributed by atoms with E-state index in [9.17, 15) is 4.79 Å². The van der Waals surface area contributed by atoms with Gasteiger partial charge in [-0.25, -0.2) is 0 Å². The highest BCUT2D eigenvalue weighted by Crippen LogP contribution is 2.25. The van der Waals surface area contributed by atoms with Crippen LogP contribution in [-0.4, -0.2) is 12.5 Å². The van der Waals surface area contributed by atoms with Gasteiger partial charge in [-0.05, 0) is 29.5 Å². The Kier molecular flexibility index (Phi) is 3.96. The maximum absolute atomic E-state index is 11.8. The number of hydrogen-bond acceptors (Lipinski definition) is 5. The van der Waals surface area contributed by atoms with Crippen LogP contribution in [0.25, 0.3) is 0 Å². The maximum atomic E-state index is 11.8. The lowest BCUT2D eigenvalue weighted by Crippen LogP contribution is -2.21. The fourth-order valence-electron chi connectivity index (χ4n) is 2.14. The molecule has 19 heavy (non-hydrogen) atoms. The van der Waals surface area contributed by atoms with Crippen LogP contribution in [0.3, 0.4) is 0 Å². The minimum Gasteiger partial charge on any atom is -0.460 e. The molecule has 0 fully saturated rings. The normalized spacial score (nSPS) is 14.1. The number of ether oxygens (including phenoxy) is 1. The molecular formula is C14H15NO2S2. The Morgan fingerprint density at radius 2 is 2.37 bits per heavy atom. The zero-order valence-electron chi connectivity index (χ0n) is 10.5. The van der Waals surface area contributed by atoms with Gasteiger partial charge in [0, 0.05) is 27.7 Å². The first-order valence-electron chi connectivity index (χ1n) is 6.30. The van der Waals surface area contributed by atoms with Crippen LogP contribution in [0.5, 0.6) is 0 Å². The average molecular weight is 293 g/mol. The van der Waals surface area contributed by atoms with Gasteiger partial charge in [0.2, 0.25) is 0 Å². The maximum Gasteiger partial charge on any atom is 0.311 e. The molecule has 0 atom stereocenters. The number of carbonyl (C=O) groups is 1. The molecule has 0 spiro atoms. The van der Waals surface area contributed by atoms with Gasteiger partial charge < -0.3 is 10.1 Å². The summed E-state index contributed by atoms with van der Waals surface area (Å²) in [4.78, 5) is 15.4. The summed E-state index contributed by atoms with van der Waals surface area (Å²) in [7, 11) is 0. The molecule has 0 amide bonds. The van der Waals surface area contributed by atoms with Crippen molar-refractivity contribution in [3.63, 3.8) is 0 Å². The summed E-state index contributed by atoms with van der Waals surface area (Å²) in [5, 5.41) is 5.33. The van der Waals surface area contributed by atoms with Gasteiger partial charge >= 0.3 is 5.97 Å². The molecule has 5 heteroatoms. The molecule has 3 heterocycles. The van der Waals surface area contributed by atoms with Crippen molar-refractivity contribution in [3.05, 3.63) is 43.8 Å². The van der Waals surface area contributed by atoms with Gasteiger partial charge in [-0.1, -0.05) is 6.07 Å². The van der Waals surface area contributed by atoms with Crippen molar-refractivity contribution in [2.24, 2.45) is 0 Å². The molecule has 0 aliphatic carbocycles. The molecule has 0 radical (unpaired) electrons. The van der Waals surface area contributed by atoms with Crippen molar-refractivity contribution in [3.8, 4) is 0 Å². The molecule has 1 aliphatic heterocycles. The minimum atomic E-state index is -0.139. The Bertz CT molecular complexity index is 537. The Labute approximate surface area is 120 Å². The number of rotatable bonds is 4. The van der Waals surface area contributed by atoms with Gasteiger partial charge in [-0.15, -0.1) is 22.7 Å². The van der Waals surface area contributed by atoms with Crippen molar-refractivity contribution >= 4 is 28.6 Å². The fourth-order valence-corrected chi connectivity index (χ4v) is 3.93. The third-order valence-corrected chi connectivity index (χ3v) is 5.15. The highest BCUT2D eigenvalue weighted by atomic mass is 32.1. The molecular weight excluding hydrogens is 278 g/mol. The standard InChI is InChI=1S/C14H15NO2S2/c16-14(17-9-11-2-1-5-18-11)7-12-6-10-8-15-4-3-13(10)19-12/h1-2,5-6,15H,3-4,7-9H2. The van der Waals surface area contributed by atoms with Crippen LogP contribution >= 0.6 is 22.7 Å². The average Bonchev–Trinajstić information content (AvgIpc) is 3.04. The van der Waals surface area contributed by atoms with Gasteiger partial charge in [0.25, 0.3) is 0 Å². The SMILES string of the molecule is O=C(Cc1cc2c(s1)CCNC2)OCc1cccs1. The van der Waals surface area contributed by atoms with Crippen molar-refractivity contribution in [1.82, 2.24) is 5.32 Å². The molecule has 2 aromatic heterocycles. The second-order valence-corrected chi connectivity index (χ2v) is 6.76. The third-order valence-electron chi connectivity index (χ3n) is 3.07. The van der Waals surface area contributed by atoms with Gasteiger partial charge in [0.05, 0.1) is 6.42 Å². The van der Waals surface area contributed by atoms with E-state index in [1.165, 1.54) is 10.4 Å². The van der Waals surface area contributed by atoms with Crippen LogP contribution in [0.2, 0.25) is 0 Å². The highest BCUT2D eigenvalue weighted by molar-refractivity contribution is 7.12. The first-order valence-corrected chi connectivity index (χ1v) is 8.00. The highest BCUT2D eigenvalue weighted by Gasteiger charge is 2.15. The number of esters is 1. The van der Waals surface area contributed by atoms with Crippen LogP contribution in [0, 0.1) is 0 Å². The lowest BCUT2D eigenvalue weighted by molar-refractivity contribution is -0.143. The van der Waals surface area contributed by atoms with Gasteiger partial charge in [0.15, 0.2) is 0 Å². The van der Waals surface area contributed by atoms with Crippen LogP contribution < -0.4 is 5.32 Å². The van der Waals surface area contributed by atoms with E-state index in [-0.39, 0.29) is 5.97 Å². The summed E-state index contributed by atoms with van der Waals surface area (Å²) in [6.45, 7) is 2.36. The fraction of sp³-hybridized carbons (Fsp3) is 0.357. The van der Waals surface area contributed by atoms with Crippen molar-refractivity contribution in [2.45, 2.75) is 26.0 Å². The molecule has 100 valence electrons. The van der Waals surface area contributed by atoms with Crippen LogP contribution in [0.4, 0.5) is 0 Å². The summed E-state index contributed by atoms with van der Waals surface area (Å²) in [6.07, 6.45) is 1.47. The molecule has 0 aromatic carbocycles. The van der Waals surface area contributed by atoms with E-state index in [0.29, 0.717) is 13.0 Å². The quantitative estimate of drug-likeness (QED) is 0.881. The second kappa shape index (κ2) is 5.86. The van der Waals surface area contributed by atoms with E-state index in [2.05, 4.69) is 11.4 Å². The molecule has 2 aromatic rings. The molecule has 1 aliphatic rings. The molecule has 0 saturated carbocycles. The van der Waals surface area contributed by atoms with E-state index in [4.69, 9.17) is 4.74 Å². The summed E-state index contributed by atoms with van der Waals surface area (Å²) < 4.78 is 5.28. The molecule has 3 rings (SSSR count). The first-order chi connectivity index (χ1) is 9.31. The van der Waals surface area contributed by atoms with Gasteiger partial charge in [0.1, 0.15) is 6.61 Å². The minimum absolute atomic E-state index is 0.139. The molecule has 3 nitrogen and oxygen atoms in total. The van der Waals surface area contributed by atoms with E-state index < -0.39 is 0 Å². The zero-order chi connectivity index (χ0) is 13.1. The van der Waals surface area contributed by atoms with Crippen molar-refractivity contribution in [1.29, 1.82) is 0 Å². The number of nitrogens with one attached hydrogen (secondary N) is 1. The van der Waals surface area contributed by atoms with Gasteiger partial charge in [-0.3, -0.25) is 4.79 Å². The molecule has 0 unspecified atom stereocenters. The summed E-state index contributed by atoms with van der Waals surface area (Å²) in [5.74, 6) is -0.139. The summed E-state index contributed by atoms with van der Waals surface area (Å²) in [5.41, 5.74) is 1.34. The van der Waals surface area contributed by atoms with E-state index in [1.54, 1.807) is 22.7 Å². The number of carbonyl (C=O) groups excluding carboxylic acids is 1. The largest absolute Gasteiger partial charge is 0.460 e. The Balaban J connectivity index is 1.55. The molecule has 0 saturated heterocycles. The van der Waals surface area contributed by atoms with Gasteiger partial charge in [-0.2, -0.15) is 0 Å². The second-order valence-electron chi connectivity index (χ2n) is 4.50. The van der Waals surface area contributed by atoms with E-state index in [0.717, 1.165) is 29.3 Å². The summed E-state index contributed by atoms with van der Waals surface area (Å²) in [6, 6.07) is 6.08. The van der Waals surface area contributed by atoms with Crippen LogP contribution in [0.15, 0.2) is 23.6 Å².